The third-order valence-corrected chi connectivity index (χ3v) is 5.05. The van der Waals surface area contributed by atoms with Crippen LogP contribution in [0.2, 0.25) is 0 Å². The van der Waals surface area contributed by atoms with Crippen molar-refractivity contribution >= 4 is 23.0 Å². The zero-order chi connectivity index (χ0) is 17.5. The van der Waals surface area contributed by atoms with Crippen molar-refractivity contribution in [3.8, 4) is 5.75 Å². The first-order chi connectivity index (χ1) is 11.3. The number of rotatable bonds is 3. The number of hydrogen-bond donors (Lipinski definition) is 2. The molecule has 0 saturated carbocycles. The number of ether oxygens (including phenoxy) is 1. The van der Waals surface area contributed by atoms with Crippen LogP contribution in [0, 0.1) is 0 Å². The fraction of sp³-hybridized carbons (Fsp3) is 0.333. The summed E-state index contributed by atoms with van der Waals surface area (Å²) in [7, 11) is 0. The summed E-state index contributed by atoms with van der Waals surface area (Å²) in [4.78, 5) is 24.7. The van der Waals surface area contributed by atoms with Gasteiger partial charge in [-0.05, 0) is 50.4 Å². The molecule has 1 amide bonds. The molecule has 2 N–H and O–H groups in total. The number of fused-ring (bicyclic) bond motifs is 1. The maximum atomic E-state index is 12.4. The summed E-state index contributed by atoms with van der Waals surface area (Å²) in [6, 6.07) is 7.94. The third kappa shape index (κ3) is 2.95. The van der Waals surface area contributed by atoms with Crippen LogP contribution < -0.4 is 10.1 Å². The van der Waals surface area contributed by atoms with Gasteiger partial charge in [-0.2, -0.15) is 0 Å². The molecule has 3 rings (SSSR count). The Kier molecular flexibility index (Phi) is 4.19. The normalized spacial score (nSPS) is 21.5. The van der Waals surface area contributed by atoms with Crippen molar-refractivity contribution in [2.75, 3.05) is 0 Å². The summed E-state index contributed by atoms with van der Waals surface area (Å²) in [6.45, 7) is 5.01. The van der Waals surface area contributed by atoms with E-state index in [1.165, 1.54) is 18.3 Å². The molecule has 0 bridgehead atoms. The lowest BCUT2D eigenvalue weighted by atomic mass is 9.85. The average Bonchev–Trinajstić information content (AvgIpc) is 3.05. The van der Waals surface area contributed by atoms with Gasteiger partial charge in [0.05, 0.1) is 10.9 Å². The van der Waals surface area contributed by atoms with E-state index in [-0.39, 0.29) is 11.7 Å². The van der Waals surface area contributed by atoms with Gasteiger partial charge in [0.2, 0.25) is 0 Å². The first-order valence-electron chi connectivity index (χ1n) is 7.66. The topological polar surface area (TPSA) is 75.6 Å². The molecule has 1 aliphatic heterocycles. The van der Waals surface area contributed by atoms with E-state index < -0.39 is 17.7 Å². The lowest BCUT2D eigenvalue weighted by Gasteiger charge is -2.42. The second-order valence-electron chi connectivity index (χ2n) is 6.39. The lowest BCUT2D eigenvalue weighted by Crippen LogP contribution is -2.53. The number of amides is 1. The Balaban J connectivity index is 2.01. The number of aliphatic hydroxyl groups excluding tert-OH is 1. The Bertz CT molecular complexity index is 782. The minimum atomic E-state index is -0.948. The van der Waals surface area contributed by atoms with Gasteiger partial charge in [-0.25, -0.2) is 0 Å². The van der Waals surface area contributed by atoms with Gasteiger partial charge < -0.3 is 15.2 Å². The molecule has 0 aliphatic carbocycles. The maximum absolute atomic E-state index is 12.4. The van der Waals surface area contributed by atoms with Gasteiger partial charge in [0.15, 0.2) is 5.78 Å². The fourth-order valence-corrected chi connectivity index (χ4v) is 3.42. The van der Waals surface area contributed by atoms with Crippen LogP contribution in [0.1, 0.15) is 52.4 Å². The molecule has 6 heteroatoms. The number of aliphatic hydroxyl groups is 1. The zero-order valence-corrected chi connectivity index (χ0v) is 14.5. The van der Waals surface area contributed by atoms with Crippen LogP contribution in [0.4, 0.5) is 0 Å². The molecule has 24 heavy (non-hydrogen) atoms. The van der Waals surface area contributed by atoms with Crippen LogP contribution in [0.25, 0.3) is 0 Å². The van der Waals surface area contributed by atoms with Gasteiger partial charge in [0, 0.05) is 11.1 Å². The molecule has 2 atom stereocenters. The van der Waals surface area contributed by atoms with E-state index in [1.54, 1.807) is 44.2 Å². The van der Waals surface area contributed by atoms with Gasteiger partial charge >= 0.3 is 0 Å². The van der Waals surface area contributed by atoms with Crippen molar-refractivity contribution in [1.82, 2.24) is 5.32 Å². The average molecular weight is 345 g/mol. The molecule has 5 nitrogen and oxygen atoms in total. The molecule has 0 spiro atoms. The summed E-state index contributed by atoms with van der Waals surface area (Å²) in [6.07, 6.45) is -0.948. The number of hydrogen-bond acceptors (Lipinski definition) is 5. The van der Waals surface area contributed by atoms with E-state index in [0.717, 1.165) is 0 Å². The van der Waals surface area contributed by atoms with Crippen LogP contribution in [0.5, 0.6) is 5.75 Å². The molecular formula is C18H19NO4S. The molecule has 1 aromatic heterocycles. The van der Waals surface area contributed by atoms with Crippen molar-refractivity contribution in [3.63, 3.8) is 0 Å². The number of nitrogens with one attached hydrogen (secondary N) is 1. The lowest BCUT2D eigenvalue weighted by molar-refractivity contribution is -0.0627. The Morgan fingerprint density at radius 3 is 2.67 bits per heavy atom. The Hall–Kier alpha value is -2.18. The maximum Gasteiger partial charge on any atom is 0.261 e. The summed E-state index contributed by atoms with van der Waals surface area (Å²) < 4.78 is 5.86. The smallest absolute Gasteiger partial charge is 0.261 e. The SMILES string of the molecule is CC(=O)c1ccc2c(c1)[C@H](NC(=O)c1cccs1)[C@@H](O)C(C)(C)O2. The molecule has 0 radical (unpaired) electrons. The van der Waals surface area contributed by atoms with E-state index in [9.17, 15) is 14.7 Å². The third-order valence-electron chi connectivity index (χ3n) is 4.18. The van der Waals surface area contributed by atoms with Gasteiger partial charge in [-0.3, -0.25) is 9.59 Å². The molecule has 1 aromatic carbocycles. The van der Waals surface area contributed by atoms with Crippen LogP contribution in [-0.2, 0) is 0 Å². The number of benzene rings is 1. The first-order valence-corrected chi connectivity index (χ1v) is 8.54. The molecule has 0 fully saturated rings. The predicted molar refractivity (Wildman–Crippen MR) is 91.7 cm³/mol. The van der Waals surface area contributed by atoms with E-state index in [1.807, 2.05) is 5.38 Å². The van der Waals surface area contributed by atoms with Gasteiger partial charge in [0.25, 0.3) is 5.91 Å². The number of carbonyl (C=O) groups is 2. The summed E-state index contributed by atoms with van der Waals surface area (Å²) in [5, 5.41) is 15.4. The first kappa shape index (κ1) is 16.7. The van der Waals surface area contributed by atoms with E-state index >= 15 is 0 Å². The Labute approximate surface area is 144 Å². The van der Waals surface area contributed by atoms with Crippen molar-refractivity contribution in [3.05, 3.63) is 51.7 Å². The van der Waals surface area contributed by atoms with Crippen molar-refractivity contribution in [2.24, 2.45) is 0 Å². The second kappa shape index (κ2) is 6.03. The van der Waals surface area contributed by atoms with Crippen LogP contribution in [0.15, 0.2) is 35.7 Å². The number of carbonyl (C=O) groups excluding carboxylic acids is 2. The van der Waals surface area contributed by atoms with Gasteiger partial charge in [-0.1, -0.05) is 6.07 Å². The molecule has 126 valence electrons. The zero-order valence-electron chi connectivity index (χ0n) is 13.7. The highest BCUT2D eigenvalue weighted by molar-refractivity contribution is 7.12. The number of ketones is 1. The van der Waals surface area contributed by atoms with Gasteiger partial charge in [-0.15, -0.1) is 11.3 Å². The van der Waals surface area contributed by atoms with Crippen molar-refractivity contribution in [1.29, 1.82) is 0 Å². The minimum Gasteiger partial charge on any atom is -0.485 e. The van der Waals surface area contributed by atoms with Crippen LogP contribution in [-0.4, -0.2) is 28.5 Å². The summed E-state index contributed by atoms with van der Waals surface area (Å²) in [5.74, 6) is 0.221. The summed E-state index contributed by atoms with van der Waals surface area (Å²) in [5.41, 5.74) is 0.261. The van der Waals surface area contributed by atoms with E-state index in [2.05, 4.69) is 5.32 Å². The van der Waals surface area contributed by atoms with Gasteiger partial charge in [0.1, 0.15) is 17.5 Å². The second-order valence-corrected chi connectivity index (χ2v) is 7.34. The summed E-state index contributed by atoms with van der Waals surface area (Å²) >= 11 is 1.33. The Morgan fingerprint density at radius 1 is 1.29 bits per heavy atom. The van der Waals surface area contributed by atoms with Crippen molar-refractivity contribution < 1.29 is 19.4 Å². The standard InChI is InChI=1S/C18H19NO4S/c1-10(20)11-6-7-13-12(9-11)15(16(21)18(2,3)23-13)19-17(22)14-5-4-8-24-14/h4-9,15-16,21H,1-3H3,(H,19,22)/t15-,16+/m0/s1. The molecular weight excluding hydrogens is 326 g/mol. The minimum absolute atomic E-state index is 0.0829. The largest absolute Gasteiger partial charge is 0.485 e. The highest BCUT2D eigenvalue weighted by Gasteiger charge is 2.43. The number of thiophene rings is 1. The Morgan fingerprint density at radius 2 is 2.04 bits per heavy atom. The fourth-order valence-electron chi connectivity index (χ4n) is 2.80. The predicted octanol–water partition coefficient (Wildman–Crippen LogP) is 2.95. The molecule has 1 aliphatic rings. The molecule has 2 heterocycles. The molecule has 2 aromatic rings. The van der Waals surface area contributed by atoms with Crippen LogP contribution >= 0.6 is 11.3 Å². The van der Waals surface area contributed by atoms with E-state index in [4.69, 9.17) is 4.74 Å². The van der Waals surface area contributed by atoms with Crippen molar-refractivity contribution in [2.45, 2.75) is 38.5 Å². The van der Waals surface area contributed by atoms with Crippen LogP contribution in [0.3, 0.4) is 0 Å². The quantitative estimate of drug-likeness (QED) is 0.839. The highest BCUT2D eigenvalue weighted by Crippen LogP contribution is 2.40. The monoisotopic (exact) mass is 345 g/mol. The number of Topliss-reactive ketones (excluding diaryl/α,β-unsaturated/α-hetero) is 1. The van der Waals surface area contributed by atoms with E-state index in [0.29, 0.717) is 21.8 Å². The highest BCUT2D eigenvalue weighted by atomic mass is 32.1. The molecule has 0 unspecified atom stereocenters. The molecule has 0 saturated heterocycles.